The number of carbonyl (C=O) groups is 1. The molecule has 0 unspecified atom stereocenters. The van der Waals surface area contributed by atoms with Gasteiger partial charge in [0.15, 0.2) is 9.84 Å². The molecule has 3 aromatic rings. The third-order valence-electron chi connectivity index (χ3n) is 4.99. The zero-order valence-electron chi connectivity index (χ0n) is 22.3. The molecule has 3 aromatic carbocycles. The van der Waals surface area contributed by atoms with Crippen molar-refractivity contribution in [2.24, 2.45) is 20.5 Å². The monoisotopic (exact) mass is 672 g/mol. The Bertz CT molecular complexity index is 1890. The molecule has 0 aliphatic heterocycles. The molecule has 0 heterocycles. The van der Waals surface area contributed by atoms with Gasteiger partial charge in [0, 0.05) is 0 Å². The van der Waals surface area contributed by atoms with Gasteiger partial charge in [0.1, 0.15) is 21.5 Å². The Kier molecular flexibility index (Phi) is 14.0. The van der Waals surface area contributed by atoms with Crippen LogP contribution in [0.3, 0.4) is 0 Å². The van der Waals surface area contributed by atoms with Gasteiger partial charge in [-0.05, 0) is 48.0 Å². The summed E-state index contributed by atoms with van der Waals surface area (Å²) in [6.45, 7) is -0.828. The normalized spacial score (nSPS) is 12.1. The van der Waals surface area contributed by atoms with Gasteiger partial charge in [-0.2, -0.15) is 18.6 Å². The zero-order valence-corrected chi connectivity index (χ0v) is 28.8. The predicted octanol–water partition coefficient (Wildman–Crippen LogP) is -4.45. The van der Waals surface area contributed by atoms with Crippen LogP contribution in [0.25, 0.3) is 0 Å². The average molecular weight is 673 g/mol. The summed E-state index contributed by atoms with van der Waals surface area (Å²) in [5, 5.41) is 26.2. The number of benzene rings is 3. The topological polar surface area (TPSA) is 297 Å². The number of nitrogens with zero attached hydrogens (tertiary/aromatic N) is 4. The van der Waals surface area contributed by atoms with E-state index in [1.807, 2.05) is 0 Å². The van der Waals surface area contributed by atoms with E-state index in [0.717, 1.165) is 24.3 Å². The number of hydrogen-bond acceptors (Lipinski definition) is 16. The smallest absolute Gasteiger partial charge is 0.744 e. The Labute approximate surface area is 289 Å². The van der Waals surface area contributed by atoms with Gasteiger partial charge in [-0.15, -0.1) is 10.2 Å². The summed E-state index contributed by atoms with van der Waals surface area (Å²) in [5.74, 6) is -2.25. The maximum Gasteiger partial charge on any atom is 1.00 e. The second kappa shape index (κ2) is 15.6. The third kappa shape index (κ3) is 11.0. The molecule has 0 spiro atoms. The number of hydrogen-bond donors (Lipinski definition) is 3. The minimum absolute atomic E-state index is 0. The molecule has 218 valence electrons. The first-order valence-corrected chi connectivity index (χ1v) is 15.2. The second-order valence-electron chi connectivity index (χ2n) is 7.82. The van der Waals surface area contributed by atoms with Gasteiger partial charge >= 0.3 is 69.5 Å². The largest absolute Gasteiger partial charge is 1.00 e. The van der Waals surface area contributed by atoms with Crippen LogP contribution in [0.2, 0.25) is 0 Å². The number of carboxylic acids is 1. The molecular weight excluding hydrogens is 654 g/mol. The first-order valence-electron chi connectivity index (χ1n) is 10.8. The molecule has 0 bridgehead atoms. The maximum absolute atomic E-state index is 12.3. The molecule has 0 aliphatic rings. The Hall–Kier alpha value is -2.34. The molecule has 22 heteroatoms. The van der Waals surface area contributed by atoms with E-state index < -0.39 is 65.0 Å². The summed E-state index contributed by atoms with van der Waals surface area (Å²) in [6, 6.07) is 10.4. The summed E-state index contributed by atoms with van der Waals surface area (Å²) < 4.78 is 93.7. The molecule has 5 N–H and O–H groups in total. The van der Waals surface area contributed by atoms with Crippen molar-refractivity contribution < 1.29 is 108 Å². The van der Waals surface area contributed by atoms with Crippen LogP contribution in [0.4, 0.5) is 34.1 Å². The van der Waals surface area contributed by atoms with Gasteiger partial charge in [-0.3, -0.25) is 4.55 Å². The van der Waals surface area contributed by atoms with E-state index in [2.05, 4.69) is 24.6 Å². The van der Waals surface area contributed by atoms with E-state index in [1.54, 1.807) is 0 Å². The number of rotatable bonds is 11. The van der Waals surface area contributed by atoms with Crippen LogP contribution < -0.4 is 75.7 Å². The summed E-state index contributed by atoms with van der Waals surface area (Å²) in [6.07, 6.45) is 0. The van der Waals surface area contributed by atoms with Gasteiger partial charge < -0.3 is 25.9 Å². The van der Waals surface area contributed by atoms with E-state index in [0.29, 0.717) is 0 Å². The average Bonchev–Trinajstić information content (AvgIpc) is 2.87. The summed E-state index contributed by atoms with van der Waals surface area (Å²) in [4.78, 5) is 9.87. The minimum atomic E-state index is -5.17. The molecule has 3 rings (SSSR count). The van der Waals surface area contributed by atoms with Gasteiger partial charge in [0.25, 0.3) is 0 Å². The summed E-state index contributed by atoms with van der Waals surface area (Å²) in [5.41, 5.74) is 9.81. The molecule has 0 radical (unpaired) electrons. The van der Waals surface area contributed by atoms with Crippen LogP contribution in [0.15, 0.2) is 84.8 Å². The maximum atomic E-state index is 12.3. The Morgan fingerprint density at radius 1 is 0.837 bits per heavy atom. The number of azo groups is 2. The van der Waals surface area contributed by atoms with E-state index >= 15 is 0 Å². The number of sulfone groups is 1. The van der Waals surface area contributed by atoms with E-state index in [-0.39, 0.29) is 92.3 Å². The van der Waals surface area contributed by atoms with Crippen molar-refractivity contribution in [3.05, 3.63) is 60.2 Å². The van der Waals surface area contributed by atoms with Gasteiger partial charge in [-0.25, -0.2) is 21.0 Å². The quantitative estimate of drug-likeness (QED) is 0.0750. The molecule has 0 atom stereocenters. The van der Waals surface area contributed by atoms with Crippen molar-refractivity contribution in [3.63, 3.8) is 0 Å². The van der Waals surface area contributed by atoms with Crippen molar-refractivity contribution >= 4 is 70.4 Å². The molecule has 0 amide bonds. The molecule has 0 fully saturated rings. The third-order valence-corrected chi connectivity index (χ3v) is 8.02. The molecule has 0 saturated carbocycles. The van der Waals surface area contributed by atoms with Crippen LogP contribution in [0.1, 0.15) is 10.4 Å². The number of nitrogen functional groups attached to an aromatic ring is 2. The van der Waals surface area contributed by atoms with Crippen LogP contribution in [-0.2, 0) is 34.5 Å². The Balaban J connectivity index is 0.00000462. The number of anilines is 2. The SMILES string of the molecule is Nc1c(N=Nc2ccc(S(=O)(=O)CCOS(=O)(=O)O)cc2)cc(S(=O)(=O)[O-])c(N)c1N=Nc1cccc(C(=O)[O-])c1.[Na+].[Na+]. The Morgan fingerprint density at radius 2 is 1.44 bits per heavy atom. The predicted molar refractivity (Wildman–Crippen MR) is 138 cm³/mol. The summed E-state index contributed by atoms with van der Waals surface area (Å²) >= 11 is 0. The van der Waals surface area contributed by atoms with Gasteiger partial charge in [0.05, 0.1) is 50.9 Å². The number of aromatic carboxylic acids is 1. The van der Waals surface area contributed by atoms with Crippen LogP contribution in [-0.4, -0.2) is 52.7 Å². The first-order chi connectivity index (χ1) is 19.0. The van der Waals surface area contributed by atoms with Crippen molar-refractivity contribution in [1.29, 1.82) is 0 Å². The van der Waals surface area contributed by atoms with Crippen molar-refractivity contribution in [2.45, 2.75) is 9.79 Å². The molecule has 0 aromatic heterocycles. The molecule has 0 aliphatic carbocycles. The Morgan fingerprint density at radius 3 is 2.00 bits per heavy atom. The fraction of sp³-hybridized carbons (Fsp3) is 0.0952. The van der Waals surface area contributed by atoms with E-state index in [9.17, 15) is 39.7 Å². The van der Waals surface area contributed by atoms with Crippen molar-refractivity contribution in [1.82, 2.24) is 0 Å². The van der Waals surface area contributed by atoms with Crippen LogP contribution >= 0.6 is 0 Å². The van der Waals surface area contributed by atoms with E-state index in [4.69, 9.17) is 16.0 Å². The second-order valence-corrected chi connectivity index (χ2v) is 12.4. The van der Waals surface area contributed by atoms with Crippen molar-refractivity contribution in [2.75, 3.05) is 23.8 Å². The number of carbonyl (C=O) groups excluding carboxylic acids is 1. The first kappa shape index (κ1) is 38.7. The zero-order chi connectivity index (χ0) is 30.6. The van der Waals surface area contributed by atoms with Crippen molar-refractivity contribution in [3.8, 4) is 0 Å². The number of carboxylic acid groups (broad SMARTS) is 1. The molecule has 0 saturated heterocycles. The minimum Gasteiger partial charge on any atom is -0.744 e. The van der Waals surface area contributed by atoms with Gasteiger partial charge in [-0.1, -0.05) is 12.1 Å². The molecule has 43 heavy (non-hydrogen) atoms. The van der Waals surface area contributed by atoms with Crippen LogP contribution in [0.5, 0.6) is 0 Å². The summed E-state index contributed by atoms with van der Waals surface area (Å²) in [7, 11) is -14.0. The van der Waals surface area contributed by atoms with E-state index in [1.165, 1.54) is 30.3 Å². The standard InChI is InChI=1S/C21H20N6O11S3.2Na/c22-18-16(26-24-13-4-6-15(7-5-13)39(30,31)9-8-38-41(35,36)37)11-17(40(32,33)34)19(23)20(18)27-25-14-3-1-2-12(10-14)21(28)29;;/h1-7,10-11H,8-9,22-23H2,(H,28,29)(H,32,33,34)(H,35,36,37);;/q;2*+1/p-2. The van der Waals surface area contributed by atoms with Gasteiger partial charge in [0.2, 0.25) is 0 Å². The van der Waals surface area contributed by atoms with Crippen LogP contribution in [0, 0.1) is 0 Å². The fourth-order valence-corrected chi connectivity index (χ4v) is 5.17. The fourth-order valence-electron chi connectivity index (χ4n) is 3.06. The number of nitrogens with two attached hydrogens (primary N) is 2. The molecular formula is C21H18N6Na2O11S3. The molecule has 17 nitrogen and oxygen atoms in total.